The topological polar surface area (TPSA) is 64.6 Å². The Bertz CT molecular complexity index is 788. The highest BCUT2D eigenvalue weighted by molar-refractivity contribution is 5.80. The SMILES string of the molecule is C[C@@H](CNC(=O)COC(=O)COc1ccc2c(c1)CCC2)c1ccccc1. The lowest BCUT2D eigenvalue weighted by atomic mass is 10.0. The molecule has 0 heterocycles. The molecule has 0 radical (unpaired) electrons. The van der Waals surface area contributed by atoms with Gasteiger partial charge in [-0.05, 0) is 54.0 Å². The van der Waals surface area contributed by atoms with Gasteiger partial charge in [-0.2, -0.15) is 0 Å². The van der Waals surface area contributed by atoms with Crippen molar-refractivity contribution in [2.24, 2.45) is 0 Å². The molecule has 1 aliphatic rings. The normalized spacial score (nSPS) is 13.5. The number of hydrogen-bond donors (Lipinski definition) is 1. The molecule has 0 aliphatic heterocycles. The third-order valence-corrected chi connectivity index (χ3v) is 4.76. The zero-order valence-electron chi connectivity index (χ0n) is 15.6. The first-order valence-corrected chi connectivity index (χ1v) is 9.33. The van der Waals surface area contributed by atoms with Crippen LogP contribution in [-0.4, -0.2) is 31.6 Å². The van der Waals surface area contributed by atoms with E-state index in [2.05, 4.69) is 5.32 Å². The van der Waals surface area contributed by atoms with Gasteiger partial charge in [-0.15, -0.1) is 0 Å². The largest absolute Gasteiger partial charge is 0.482 e. The first-order valence-electron chi connectivity index (χ1n) is 9.33. The third kappa shape index (κ3) is 5.58. The molecule has 142 valence electrons. The lowest BCUT2D eigenvalue weighted by Gasteiger charge is -2.13. The molecule has 1 aliphatic carbocycles. The fourth-order valence-electron chi connectivity index (χ4n) is 3.19. The molecule has 1 atom stereocenters. The minimum Gasteiger partial charge on any atom is -0.482 e. The molecular formula is C22H25NO4. The van der Waals surface area contributed by atoms with Crippen molar-refractivity contribution in [3.05, 3.63) is 65.2 Å². The van der Waals surface area contributed by atoms with Gasteiger partial charge in [0.05, 0.1) is 0 Å². The first kappa shape index (κ1) is 19.0. The van der Waals surface area contributed by atoms with Gasteiger partial charge in [0.25, 0.3) is 5.91 Å². The van der Waals surface area contributed by atoms with E-state index >= 15 is 0 Å². The minimum atomic E-state index is -0.554. The highest BCUT2D eigenvalue weighted by Crippen LogP contribution is 2.25. The van der Waals surface area contributed by atoms with Crippen LogP contribution < -0.4 is 10.1 Å². The summed E-state index contributed by atoms with van der Waals surface area (Å²) in [4.78, 5) is 23.6. The summed E-state index contributed by atoms with van der Waals surface area (Å²) in [5, 5.41) is 2.78. The van der Waals surface area contributed by atoms with Crippen molar-refractivity contribution in [1.29, 1.82) is 0 Å². The van der Waals surface area contributed by atoms with E-state index in [4.69, 9.17) is 9.47 Å². The fraction of sp³-hybridized carbons (Fsp3) is 0.364. The van der Waals surface area contributed by atoms with Gasteiger partial charge in [-0.3, -0.25) is 4.79 Å². The predicted molar refractivity (Wildman–Crippen MR) is 103 cm³/mol. The van der Waals surface area contributed by atoms with Crippen LogP contribution in [0, 0.1) is 0 Å². The molecule has 0 bridgehead atoms. The summed E-state index contributed by atoms with van der Waals surface area (Å²) in [6.07, 6.45) is 3.33. The quantitative estimate of drug-likeness (QED) is 0.729. The van der Waals surface area contributed by atoms with Crippen LogP contribution in [0.25, 0.3) is 0 Å². The molecule has 0 saturated heterocycles. The van der Waals surface area contributed by atoms with Gasteiger partial charge in [0.1, 0.15) is 5.75 Å². The van der Waals surface area contributed by atoms with Gasteiger partial charge in [-0.1, -0.05) is 43.3 Å². The second kappa shape index (κ2) is 9.21. The van der Waals surface area contributed by atoms with Gasteiger partial charge >= 0.3 is 5.97 Å². The Labute approximate surface area is 159 Å². The summed E-state index contributed by atoms with van der Waals surface area (Å²) in [6.45, 7) is 2.03. The summed E-state index contributed by atoms with van der Waals surface area (Å²) < 4.78 is 10.5. The molecule has 0 aromatic heterocycles. The molecule has 27 heavy (non-hydrogen) atoms. The average Bonchev–Trinajstić information content (AvgIpc) is 3.17. The monoisotopic (exact) mass is 367 g/mol. The molecule has 5 heteroatoms. The van der Waals surface area contributed by atoms with E-state index in [-0.39, 0.29) is 25.0 Å². The standard InChI is InChI=1S/C22H25NO4/c1-16(17-6-3-2-4-7-17)13-23-21(24)14-27-22(25)15-26-20-11-10-18-8-5-9-19(18)12-20/h2-4,6-7,10-12,16H,5,8-9,13-15H2,1H3,(H,23,24)/t16-/m0/s1. The van der Waals surface area contributed by atoms with E-state index in [9.17, 15) is 9.59 Å². The molecule has 1 N–H and O–H groups in total. The summed E-state index contributed by atoms with van der Waals surface area (Å²) >= 11 is 0. The average molecular weight is 367 g/mol. The second-order valence-electron chi connectivity index (χ2n) is 6.85. The van der Waals surface area contributed by atoms with Gasteiger partial charge < -0.3 is 14.8 Å². The molecule has 0 unspecified atom stereocenters. The number of hydrogen-bond acceptors (Lipinski definition) is 4. The van der Waals surface area contributed by atoms with E-state index in [1.165, 1.54) is 17.5 Å². The Balaban J connectivity index is 1.34. The van der Waals surface area contributed by atoms with Crippen LogP contribution >= 0.6 is 0 Å². The molecule has 0 fully saturated rings. The number of ether oxygens (including phenoxy) is 2. The van der Waals surface area contributed by atoms with Crippen molar-refractivity contribution >= 4 is 11.9 Å². The smallest absolute Gasteiger partial charge is 0.344 e. The number of benzene rings is 2. The van der Waals surface area contributed by atoms with Crippen molar-refractivity contribution in [2.45, 2.75) is 32.1 Å². The van der Waals surface area contributed by atoms with Crippen molar-refractivity contribution in [2.75, 3.05) is 19.8 Å². The van der Waals surface area contributed by atoms with Crippen molar-refractivity contribution in [3.8, 4) is 5.75 Å². The molecule has 0 saturated carbocycles. The van der Waals surface area contributed by atoms with Crippen LogP contribution in [0.15, 0.2) is 48.5 Å². The first-order chi connectivity index (χ1) is 13.1. The Hall–Kier alpha value is -2.82. The number of fused-ring (bicyclic) bond motifs is 1. The minimum absolute atomic E-state index is 0.189. The zero-order valence-corrected chi connectivity index (χ0v) is 15.6. The van der Waals surface area contributed by atoms with Crippen molar-refractivity contribution < 1.29 is 19.1 Å². The van der Waals surface area contributed by atoms with Crippen molar-refractivity contribution in [3.63, 3.8) is 0 Å². The molecule has 3 rings (SSSR count). The van der Waals surface area contributed by atoms with Gasteiger partial charge in [0.15, 0.2) is 13.2 Å². The van der Waals surface area contributed by atoms with E-state index in [0.717, 1.165) is 18.4 Å². The zero-order chi connectivity index (χ0) is 19.1. The molecule has 2 aromatic carbocycles. The van der Waals surface area contributed by atoms with Crippen LogP contribution in [0.2, 0.25) is 0 Å². The van der Waals surface area contributed by atoms with Gasteiger partial charge in [0.2, 0.25) is 0 Å². The van der Waals surface area contributed by atoms with Crippen molar-refractivity contribution in [1.82, 2.24) is 5.32 Å². The van der Waals surface area contributed by atoms with Gasteiger partial charge in [0, 0.05) is 6.54 Å². The molecule has 0 spiro atoms. The van der Waals surface area contributed by atoms with Crippen LogP contribution in [0.1, 0.15) is 36.0 Å². The Morgan fingerprint density at radius 1 is 1.04 bits per heavy atom. The lowest BCUT2D eigenvalue weighted by molar-refractivity contribution is -0.150. The molecule has 5 nitrogen and oxygen atoms in total. The van der Waals surface area contributed by atoms with Crippen LogP contribution in [0.3, 0.4) is 0 Å². The maximum Gasteiger partial charge on any atom is 0.344 e. The summed E-state index contributed by atoms with van der Waals surface area (Å²) in [5.41, 5.74) is 3.79. The maximum absolute atomic E-state index is 11.9. The van der Waals surface area contributed by atoms with Crippen LogP contribution in [0.5, 0.6) is 5.75 Å². The van der Waals surface area contributed by atoms with E-state index < -0.39 is 5.97 Å². The van der Waals surface area contributed by atoms with E-state index in [1.54, 1.807) is 0 Å². The highest BCUT2D eigenvalue weighted by Gasteiger charge is 2.13. The number of carbonyl (C=O) groups is 2. The Morgan fingerprint density at radius 3 is 2.63 bits per heavy atom. The number of rotatable bonds is 8. The third-order valence-electron chi connectivity index (χ3n) is 4.76. The molecular weight excluding hydrogens is 342 g/mol. The summed E-state index contributed by atoms with van der Waals surface area (Å²) in [5.74, 6) is -0.0202. The Morgan fingerprint density at radius 2 is 1.81 bits per heavy atom. The maximum atomic E-state index is 11.9. The van der Waals surface area contributed by atoms with Crippen LogP contribution in [0.4, 0.5) is 0 Å². The number of nitrogens with one attached hydrogen (secondary N) is 1. The molecule has 2 aromatic rings. The predicted octanol–water partition coefficient (Wildman–Crippen LogP) is 3.02. The fourth-order valence-corrected chi connectivity index (χ4v) is 3.19. The number of aryl methyl sites for hydroxylation is 2. The second-order valence-corrected chi connectivity index (χ2v) is 6.85. The lowest BCUT2D eigenvalue weighted by Crippen LogP contribution is -2.32. The summed E-state index contributed by atoms with van der Waals surface area (Å²) in [6, 6.07) is 15.8. The van der Waals surface area contributed by atoms with E-state index in [0.29, 0.717) is 12.3 Å². The molecule has 1 amide bonds. The Kier molecular flexibility index (Phi) is 6.47. The highest BCUT2D eigenvalue weighted by atomic mass is 16.6. The van der Waals surface area contributed by atoms with Gasteiger partial charge in [-0.25, -0.2) is 4.79 Å². The van der Waals surface area contributed by atoms with E-state index in [1.807, 2.05) is 55.5 Å². The van der Waals surface area contributed by atoms with Crippen LogP contribution in [-0.2, 0) is 27.2 Å². The summed E-state index contributed by atoms with van der Waals surface area (Å²) in [7, 11) is 0. The number of amides is 1. The number of esters is 1. The number of carbonyl (C=O) groups excluding carboxylic acids is 2.